The van der Waals surface area contributed by atoms with E-state index in [2.05, 4.69) is 70.6 Å². The first-order valence-corrected chi connectivity index (χ1v) is 8.26. The molecular formula is C18H20BrNO. The van der Waals surface area contributed by atoms with Gasteiger partial charge >= 0.3 is 0 Å². The first-order valence-electron chi connectivity index (χ1n) is 7.47. The van der Waals surface area contributed by atoms with Gasteiger partial charge in [0.2, 0.25) is 0 Å². The molecule has 0 fully saturated rings. The second-order valence-electron chi connectivity index (χ2n) is 5.43. The van der Waals surface area contributed by atoms with Crippen LogP contribution in [0.1, 0.15) is 41.6 Å². The summed E-state index contributed by atoms with van der Waals surface area (Å²) in [5, 5.41) is 3.66. The van der Waals surface area contributed by atoms with E-state index in [1.807, 2.05) is 0 Å². The number of nitrogens with one attached hydrogen (secondary N) is 1. The average molecular weight is 346 g/mol. The molecule has 1 atom stereocenters. The molecular weight excluding hydrogens is 326 g/mol. The van der Waals surface area contributed by atoms with Gasteiger partial charge in [-0.25, -0.2) is 0 Å². The highest BCUT2D eigenvalue weighted by atomic mass is 79.9. The standard InChI is InChI=1S/C18H20BrNO/c1-2-9-20-18(16-5-3-4-6-17(16)19)13-7-8-14-11-21-12-15(14)10-13/h3-8,10,18,20H,2,9,11-12H2,1H3. The molecule has 3 heteroatoms. The quantitative estimate of drug-likeness (QED) is 0.856. The normalized spacial score (nSPS) is 15.0. The van der Waals surface area contributed by atoms with Crippen LogP contribution < -0.4 is 5.32 Å². The fourth-order valence-electron chi connectivity index (χ4n) is 2.78. The predicted octanol–water partition coefficient (Wildman–Crippen LogP) is 4.57. The third-order valence-electron chi connectivity index (χ3n) is 3.89. The van der Waals surface area contributed by atoms with Crippen molar-refractivity contribution < 1.29 is 4.74 Å². The molecule has 3 rings (SSSR count). The van der Waals surface area contributed by atoms with Crippen molar-refractivity contribution in [2.75, 3.05) is 6.54 Å². The van der Waals surface area contributed by atoms with Crippen molar-refractivity contribution in [2.45, 2.75) is 32.6 Å². The summed E-state index contributed by atoms with van der Waals surface area (Å²) < 4.78 is 6.68. The summed E-state index contributed by atoms with van der Waals surface area (Å²) in [6, 6.07) is 15.4. The van der Waals surface area contributed by atoms with Crippen molar-refractivity contribution >= 4 is 15.9 Å². The van der Waals surface area contributed by atoms with Crippen LogP contribution in [0.2, 0.25) is 0 Å². The Kier molecular flexibility index (Phi) is 4.73. The zero-order valence-corrected chi connectivity index (χ0v) is 13.8. The van der Waals surface area contributed by atoms with Crippen LogP contribution in [0.25, 0.3) is 0 Å². The molecule has 0 radical (unpaired) electrons. The molecule has 0 aliphatic carbocycles. The van der Waals surface area contributed by atoms with Gasteiger partial charge in [0.15, 0.2) is 0 Å². The Morgan fingerprint density at radius 3 is 2.76 bits per heavy atom. The SMILES string of the molecule is CCCNC(c1ccc2c(c1)COC2)c1ccccc1Br. The van der Waals surface area contributed by atoms with Crippen molar-refractivity contribution in [2.24, 2.45) is 0 Å². The zero-order valence-electron chi connectivity index (χ0n) is 12.2. The molecule has 2 nitrogen and oxygen atoms in total. The van der Waals surface area contributed by atoms with Gasteiger partial charge in [-0.05, 0) is 41.3 Å². The molecule has 2 aromatic carbocycles. The maximum Gasteiger partial charge on any atom is 0.0725 e. The molecule has 2 aromatic rings. The number of ether oxygens (including phenoxy) is 1. The molecule has 0 saturated carbocycles. The van der Waals surface area contributed by atoms with Gasteiger partial charge in [-0.15, -0.1) is 0 Å². The largest absolute Gasteiger partial charge is 0.372 e. The topological polar surface area (TPSA) is 21.3 Å². The van der Waals surface area contributed by atoms with E-state index in [1.54, 1.807) is 0 Å². The predicted molar refractivity (Wildman–Crippen MR) is 89.2 cm³/mol. The summed E-state index contributed by atoms with van der Waals surface area (Å²) in [4.78, 5) is 0. The Morgan fingerprint density at radius 1 is 1.14 bits per heavy atom. The van der Waals surface area contributed by atoms with Gasteiger partial charge in [-0.3, -0.25) is 0 Å². The average Bonchev–Trinajstić information content (AvgIpc) is 2.97. The summed E-state index contributed by atoms with van der Waals surface area (Å²) >= 11 is 3.68. The van der Waals surface area contributed by atoms with Crippen molar-refractivity contribution in [3.05, 3.63) is 69.2 Å². The molecule has 21 heavy (non-hydrogen) atoms. The van der Waals surface area contributed by atoms with E-state index >= 15 is 0 Å². The molecule has 1 heterocycles. The van der Waals surface area contributed by atoms with E-state index < -0.39 is 0 Å². The summed E-state index contributed by atoms with van der Waals surface area (Å²) in [6.45, 7) is 4.68. The maximum absolute atomic E-state index is 5.53. The highest BCUT2D eigenvalue weighted by Gasteiger charge is 2.19. The van der Waals surface area contributed by atoms with Crippen LogP contribution in [-0.2, 0) is 18.0 Å². The van der Waals surface area contributed by atoms with Crippen molar-refractivity contribution in [1.29, 1.82) is 0 Å². The molecule has 0 aromatic heterocycles. The summed E-state index contributed by atoms with van der Waals surface area (Å²) in [7, 11) is 0. The summed E-state index contributed by atoms with van der Waals surface area (Å²) in [5.74, 6) is 0. The van der Waals surface area contributed by atoms with Gasteiger partial charge in [-0.2, -0.15) is 0 Å². The van der Waals surface area contributed by atoms with Crippen molar-refractivity contribution in [3.63, 3.8) is 0 Å². The minimum absolute atomic E-state index is 0.214. The second-order valence-corrected chi connectivity index (χ2v) is 6.28. The Hall–Kier alpha value is -1.16. The number of halogens is 1. The molecule has 0 saturated heterocycles. The van der Waals surface area contributed by atoms with E-state index in [1.165, 1.54) is 22.3 Å². The van der Waals surface area contributed by atoms with Crippen LogP contribution in [0.4, 0.5) is 0 Å². The first kappa shape index (κ1) is 14.8. The lowest BCUT2D eigenvalue weighted by atomic mass is 9.95. The third-order valence-corrected chi connectivity index (χ3v) is 4.62. The van der Waals surface area contributed by atoms with Crippen LogP contribution in [-0.4, -0.2) is 6.54 Å². The van der Waals surface area contributed by atoms with Crippen LogP contribution in [0.3, 0.4) is 0 Å². The van der Waals surface area contributed by atoms with Gasteiger partial charge in [0.25, 0.3) is 0 Å². The number of rotatable bonds is 5. The molecule has 1 aliphatic rings. The minimum atomic E-state index is 0.214. The van der Waals surface area contributed by atoms with Crippen LogP contribution in [0, 0.1) is 0 Å². The monoisotopic (exact) mass is 345 g/mol. The van der Waals surface area contributed by atoms with Gasteiger partial charge in [-0.1, -0.05) is 59.3 Å². The fraction of sp³-hybridized carbons (Fsp3) is 0.333. The van der Waals surface area contributed by atoms with Crippen LogP contribution in [0.15, 0.2) is 46.9 Å². The highest BCUT2D eigenvalue weighted by molar-refractivity contribution is 9.10. The Labute approximate surface area is 134 Å². The Bertz CT molecular complexity index is 626. The number of hydrogen-bond donors (Lipinski definition) is 1. The Morgan fingerprint density at radius 2 is 1.95 bits per heavy atom. The van der Waals surface area contributed by atoms with E-state index in [0.29, 0.717) is 0 Å². The van der Waals surface area contributed by atoms with E-state index in [0.717, 1.165) is 30.7 Å². The Balaban J connectivity index is 1.97. The molecule has 1 aliphatic heterocycles. The van der Waals surface area contributed by atoms with Gasteiger partial charge in [0.05, 0.1) is 19.3 Å². The van der Waals surface area contributed by atoms with E-state index in [9.17, 15) is 0 Å². The molecule has 1 unspecified atom stereocenters. The fourth-order valence-corrected chi connectivity index (χ4v) is 3.29. The zero-order chi connectivity index (χ0) is 14.7. The number of fused-ring (bicyclic) bond motifs is 1. The lowest BCUT2D eigenvalue weighted by Gasteiger charge is -2.21. The maximum atomic E-state index is 5.53. The number of benzene rings is 2. The molecule has 0 amide bonds. The number of hydrogen-bond acceptors (Lipinski definition) is 2. The summed E-state index contributed by atoms with van der Waals surface area (Å²) in [6.07, 6.45) is 1.12. The smallest absolute Gasteiger partial charge is 0.0725 e. The second kappa shape index (κ2) is 6.73. The third kappa shape index (κ3) is 3.20. The van der Waals surface area contributed by atoms with Gasteiger partial charge in [0.1, 0.15) is 0 Å². The van der Waals surface area contributed by atoms with Crippen LogP contribution >= 0.6 is 15.9 Å². The van der Waals surface area contributed by atoms with E-state index in [4.69, 9.17) is 4.74 Å². The summed E-state index contributed by atoms with van der Waals surface area (Å²) in [5.41, 5.74) is 5.23. The highest BCUT2D eigenvalue weighted by Crippen LogP contribution is 2.31. The van der Waals surface area contributed by atoms with Gasteiger partial charge < -0.3 is 10.1 Å². The molecule has 0 bridgehead atoms. The molecule has 1 N–H and O–H groups in total. The minimum Gasteiger partial charge on any atom is -0.372 e. The van der Waals surface area contributed by atoms with Crippen molar-refractivity contribution in [3.8, 4) is 0 Å². The molecule has 110 valence electrons. The van der Waals surface area contributed by atoms with Crippen LogP contribution in [0.5, 0.6) is 0 Å². The molecule has 0 spiro atoms. The van der Waals surface area contributed by atoms with Crippen molar-refractivity contribution in [1.82, 2.24) is 5.32 Å². The van der Waals surface area contributed by atoms with E-state index in [-0.39, 0.29) is 6.04 Å². The lowest BCUT2D eigenvalue weighted by Crippen LogP contribution is -2.23. The van der Waals surface area contributed by atoms with Gasteiger partial charge in [0, 0.05) is 4.47 Å². The lowest BCUT2D eigenvalue weighted by molar-refractivity contribution is 0.134. The first-order chi connectivity index (χ1) is 10.3.